The molecule has 1 N–H and O–H groups in total. The molecule has 0 saturated heterocycles. The van der Waals surface area contributed by atoms with E-state index in [1.165, 1.54) is 18.2 Å². The SMILES string of the molecule is O=c1[nH]c2c(F)cccc2c(=O)n1Cc1ccccc1. The van der Waals surface area contributed by atoms with Crippen molar-refractivity contribution in [3.63, 3.8) is 0 Å². The highest BCUT2D eigenvalue weighted by molar-refractivity contribution is 5.77. The zero-order valence-electron chi connectivity index (χ0n) is 10.5. The van der Waals surface area contributed by atoms with Gasteiger partial charge < -0.3 is 4.98 Å². The van der Waals surface area contributed by atoms with Gasteiger partial charge in [-0.2, -0.15) is 0 Å². The number of H-pyrrole nitrogens is 1. The lowest BCUT2D eigenvalue weighted by atomic mass is 10.2. The maximum absolute atomic E-state index is 13.6. The van der Waals surface area contributed by atoms with Crippen LogP contribution >= 0.6 is 0 Å². The minimum atomic E-state index is -0.614. The highest BCUT2D eigenvalue weighted by Crippen LogP contribution is 2.09. The zero-order valence-corrected chi connectivity index (χ0v) is 10.5. The van der Waals surface area contributed by atoms with Gasteiger partial charge in [-0.25, -0.2) is 9.18 Å². The fourth-order valence-electron chi connectivity index (χ4n) is 2.15. The van der Waals surface area contributed by atoms with E-state index in [0.29, 0.717) is 0 Å². The minimum Gasteiger partial charge on any atom is -0.304 e. The predicted molar refractivity (Wildman–Crippen MR) is 74.3 cm³/mol. The molecule has 0 aliphatic heterocycles. The van der Waals surface area contributed by atoms with Gasteiger partial charge in [0.05, 0.1) is 17.4 Å². The first-order valence-electron chi connectivity index (χ1n) is 6.12. The van der Waals surface area contributed by atoms with Crippen LogP contribution in [-0.4, -0.2) is 9.55 Å². The molecule has 4 nitrogen and oxygen atoms in total. The number of para-hydroxylation sites is 1. The highest BCUT2D eigenvalue weighted by Gasteiger charge is 2.10. The lowest BCUT2D eigenvalue weighted by Gasteiger charge is -2.06. The van der Waals surface area contributed by atoms with Crippen molar-refractivity contribution in [3.05, 3.63) is 80.7 Å². The van der Waals surface area contributed by atoms with Gasteiger partial charge in [0.15, 0.2) is 0 Å². The lowest BCUT2D eigenvalue weighted by molar-refractivity contribution is 0.631. The summed E-state index contributed by atoms with van der Waals surface area (Å²) in [6.07, 6.45) is 0. The fraction of sp³-hybridized carbons (Fsp3) is 0.0667. The van der Waals surface area contributed by atoms with E-state index in [-0.39, 0.29) is 17.4 Å². The fourth-order valence-corrected chi connectivity index (χ4v) is 2.15. The van der Waals surface area contributed by atoms with Crippen LogP contribution in [-0.2, 0) is 6.54 Å². The number of nitrogens with zero attached hydrogens (tertiary/aromatic N) is 1. The van der Waals surface area contributed by atoms with Gasteiger partial charge in [0.25, 0.3) is 5.56 Å². The monoisotopic (exact) mass is 270 g/mol. The summed E-state index contributed by atoms with van der Waals surface area (Å²) in [4.78, 5) is 26.7. The Hall–Kier alpha value is -2.69. The van der Waals surface area contributed by atoms with Gasteiger partial charge in [0.2, 0.25) is 0 Å². The first-order valence-corrected chi connectivity index (χ1v) is 6.12. The second kappa shape index (κ2) is 4.77. The predicted octanol–water partition coefficient (Wildman–Crippen LogP) is 1.88. The molecule has 0 radical (unpaired) electrons. The summed E-state index contributed by atoms with van der Waals surface area (Å²) in [6.45, 7) is 0.154. The van der Waals surface area contributed by atoms with Crippen molar-refractivity contribution in [3.8, 4) is 0 Å². The van der Waals surface area contributed by atoms with Gasteiger partial charge in [-0.05, 0) is 17.7 Å². The van der Waals surface area contributed by atoms with Crippen LogP contribution in [0.3, 0.4) is 0 Å². The number of halogens is 1. The molecular weight excluding hydrogens is 259 g/mol. The van der Waals surface area contributed by atoms with Crippen LogP contribution in [0.1, 0.15) is 5.56 Å². The minimum absolute atomic E-state index is 0.0492. The molecule has 0 saturated carbocycles. The average Bonchev–Trinajstić information content (AvgIpc) is 2.46. The molecule has 0 amide bonds. The summed E-state index contributed by atoms with van der Waals surface area (Å²) in [7, 11) is 0. The van der Waals surface area contributed by atoms with Crippen LogP contribution in [0.25, 0.3) is 10.9 Å². The highest BCUT2D eigenvalue weighted by atomic mass is 19.1. The van der Waals surface area contributed by atoms with E-state index in [2.05, 4.69) is 4.98 Å². The van der Waals surface area contributed by atoms with Crippen LogP contribution in [0, 0.1) is 5.82 Å². The van der Waals surface area contributed by atoms with Crippen molar-refractivity contribution in [1.29, 1.82) is 0 Å². The molecule has 0 atom stereocenters. The van der Waals surface area contributed by atoms with Gasteiger partial charge in [-0.3, -0.25) is 9.36 Å². The van der Waals surface area contributed by atoms with Crippen LogP contribution in [0.4, 0.5) is 4.39 Å². The Morgan fingerprint density at radius 3 is 2.50 bits per heavy atom. The molecule has 0 fully saturated rings. The van der Waals surface area contributed by atoms with Crippen molar-refractivity contribution in [1.82, 2.24) is 9.55 Å². The number of nitrogens with one attached hydrogen (secondary N) is 1. The number of aromatic amines is 1. The quantitative estimate of drug-likeness (QED) is 0.773. The number of rotatable bonds is 2. The Morgan fingerprint density at radius 1 is 1.00 bits per heavy atom. The number of fused-ring (bicyclic) bond motifs is 1. The van der Waals surface area contributed by atoms with Crippen molar-refractivity contribution in [2.45, 2.75) is 6.54 Å². The lowest BCUT2D eigenvalue weighted by Crippen LogP contribution is -2.35. The second-order valence-electron chi connectivity index (χ2n) is 4.47. The van der Waals surface area contributed by atoms with Crippen molar-refractivity contribution >= 4 is 10.9 Å². The number of hydrogen-bond donors (Lipinski definition) is 1. The topological polar surface area (TPSA) is 54.9 Å². The van der Waals surface area contributed by atoms with Crippen LogP contribution in [0.15, 0.2) is 58.1 Å². The largest absolute Gasteiger partial charge is 0.329 e. The van der Waals surface area contributed by atoms with Gasteiger partial charge in [0.1, 0.15) is 5.82 Å². The number of benzene rings is 2. The average molecular weight is 270 g/mol. The molecule has 3 aromatic rings. The molecule has 20 heavy (non-hydrogen) atoms. The van der Waals surface area contributed by atoms with Gasteiger partial charge >= 0.3 is 5.69 Å². The molecule has 0 aliphatic carbocycles. The summed E-state index contributed by atoms with van der Waals surface area (Å²) in [5, 5.41) is 0.167. The molecule has 100 valence electrons. The van der Waals surface area contributed by atoms with E-state index in [9.17, 15) is 14.0 Å². The smallest absolute Gasteiger partial charge is 0.304 e. The summed E-state index contributed by atoms with van der Waals surface area (Å²) in [5.41, 5.74) is -0.328. The molecule has 3 rings (SSSR count). The van der Waals surface area contributed by atoms with Crippen LogP contribution in [0.2, 0.25) is 0 Å². The van der Waals surface area contributed by atoms with Crippen molar-refractivity contribution in [2.75, 3.05) is 0 Å². The van der Waals surface area contributed by atoms with E-state index in [0.717, 1.165) is 10.1 Å². The maximum atomic E-state index is 13.6. The molecule has 0 unspecified atom stereocenters. The Labute approximate surface area is 113 Å². The van der Waals surface area contributed by atoms with Crippen molar-refractivity contribution < 1.29 is 4.39 Å². The normalized spacial score (nSPS) is 10.8. The van der Waals surface area contributed by atoms with E-state index < -0.39 is 17.1 Å². The third-order valence-corrected chi connectivity index (χ3v) is 3.15. The molecule has 2 aromatic carbocycles. The van der Waals surface area contributed by atoms with Gasteiger partial charge in [-0.15, -0.1) is 0 Å². The van der Waals surface area contributed by atoms with E-state index in [4.69, 9.17) is 0 Å². The number of aromatic nitrogens is 2. The summed E-state index contributed by atoms with van der Waals surface area (Å²) in [5.74, 6) is -0.608. The zero-order chi connectivity index (χ0) is 14.1. The standard InChI is InChI=1S/C15H11FN2O2/c16-12-8-4-7-11-13(12)17-15(20)18(14(11)19)9-10-5-2-1-3-6-10/h1-8H,9H2,(H,17,20). The molecule has 5 heteroatoms. The molecule has 0 aliphatic rings. The Bertz CT molecular complexity index is 882. The molecule has 1 aromatic heterocycles. The van der Waals surface area contributed by atoms with E-state index >= 15 is 0 Å². The first kappa shape index (κ1) is 12.3. The maximum Gasteiger partial charge on any atom is 0.329 e. The molecular formula is C15H11FN2O2. The Balaban J connectivity index is 2.22. The summed E-state index contributed by atoms with van der Waals surface area (Å²) >= 11 is 0. The van der Waals surface area contributed by atoms with E-state index in [1.54, 1.807) is 0 Å². The Kier molecular flexibility index (Phi) is 2.95. The van der Waals surface area contributed by atoms with Crippen molar-refractivity contribution in [2.24, 2.45) is 0 Å². The summed E-state index contributed by atoms with van der Waals surface area (Å²) < 4.78 is 14.7. The Morgan fingerprint density at radius 2 is 1.75 bits per heavy atom. The molecule has 0 bridgehead atoms. The molecule has 1 heterocycles. The third kappa shape index (κ3) is 2.03. The summed E-state index contributed by atoms with van der Waals surface area (Å²) in [6, 6.07) is 13.3. The second-order valence-corrected chi connectivity index (χ2v) is 4.47. The van der Waals surface area contributed by atoms with Crippen LogP contribution < -0.4 is 11.2 Å². The van der Waals surface area contributed by atoms with Crippen LogP contribution in [0.5, 0.6) is 0 Å². The first-order chi connectivity index (χ1) is 9.66. The van der Waals surface area contributed by atoms with Gasteiger partial charge in [0, 0.05) is 0 Å². The number of hydrogen-bond acceptors (Lipinski definition) is 2. The molecule has 0 spiro atoms. The van der Waals surface area contributed by atoms with E-state index in [1.807, 2.05) is 30.3 Å². The third-order valence-electron chi connectivity index (χ3n) is 3.15. The van der Waals surface area contributed by atoms with Gasteiger partial charge in [-0.1, -0.05) is 36.4 Å².